The van der Waals surface area contributed by atoms with E-state index in [2.05, 4.69) is 0 Å². The Hall–Kier alpha value is -0.120. The molecule has 9 heavy (non-hydrogen) atoms. The molecule has 0 saturated carbocycles. The molecule has 0 aliphatic carbocycles. The fourth-order valence-corrected chi connectivity index (χ4v) is 0.645. The van der Waals surface area contributed by atoms with E-state index in [0.717, 1.165) is 5.92 Å². The largest absolute Gasteiger partial charge is 0.396 e. The average Bonchev–Trinajstić information content (AvgIpc) is 1.88. The van der Waals surface area contributed by atoms with E-state index in [4.69, 9.17) is 15.9 Å². The monoisotopic (exact) mass is 132 g/mol. The minimum absolute atomic E-state index is 0.131. The first kappa shape index (κ1) is 8.88. The van der Waals surface area contributed by atoms with Gasteiger partial charge in [0.1, 0.15) is 0 Å². The molecule has 0 aromatic heterocycles. The number of hydrogen-bond donors (Lipinski definition) is 3. The molecule has 0 rings (SSSR count). The van der Waals surface area contributed by atoms with Gasteiger partial charge >= 0.3 is 0 Å². The molecule has 55 valence electrons. The van der Waals surface area contributed by atoms with Gasteiger partial charge in [0.15, 0.2) is 0 Å². The summed E-state index contributed by atoms with van der Waals surface area (Å²) in [6.07, 6.45) is 1.24. The molecular weight excluding hydrogens is 118 g/mol. The Morgan fingerprint density at radius 2 is 1.56 bits per heavy atom. The molecule has 3 nitrogen and oxygen atoms in total. The molecule has 0 amide bonds. The zero-order chi connectivity index (χ0) is 7.11. The fraction of sp³-hybridized carbons (Fsp3) is 0.833. The van der Waals surface area contributed by atoms with Gasteiger partial charge < -0.3 is 15.9 Å². The zero-order valence-corrected chi connectivity index (χ0v) is 5.51. The number of nitrogens with two attached hydrogens (primary N) is 1. The Morgan fingerprint density at radius 3 is 1.78 bits per heavy atom. The molecule has 4 N–H and O–H groups in total. The van der Waals surface area contributed by atoms with Crippen LogP contribution in [0.15, 0.2) is 0 Å². The summed E-state index contributed by atoms with van der Waals surface area (Å²) < 4.78 is 0. The van der Waals surface area contributed by atoms with Crippen LogP contribution in [0.1, 0.15) is 12.8 Å². The maximum atomic E-state index is 8.44. The SMILES string of the molecule is NC[C](CCO)CCO. The van der Waals surface area contributed by atoms with Crippen LogP contribution in [0.3, 0.4) is 0 Å². The number of rotatable bonds is 5. The summed E-state index contributed by atoms with van der Waals surface area (Å²) in [6.45, 7) is 0.736. The van der Waals surface area contributed by atoms with E-state index in [1.54, 1.807) is 0 Å². The second-order valence-electron chi connectivity index (χ2n) is 1.90. The molecule has 0 unspecified atom stereocenters. The first-order chi connectivity index (χ1) is 4.35. The molecule has 0 aliphatic rings. The lowest BCUT2D eigenvalue weighted by Crippen LogP contribution is -2.14. The summed E-state index contributed by atoms with van der Waals surface area (Å²) in [5.74, 6) is 1.03. The second-order valence-corrected chi connectivity index (χ2v) is 1.90. The summed E-state index contributed by atoms with van der Waals surface area (Å²) in [5.41, 5.74) is 5.29. The van der Waals surface area contributed by atoms with Crippen molar-refractivity contribution in [2.45, 2.75) is 12.8 Å². The molecule has 0 aromatic rings. The highest BCUT2D eigenvalue weighted by Gasteiger charge is 2.03. The van der Waals surface area contributed by atoms with Gasteiger partial charge in [-0.25, -0.2) is 0 Å². The van der Waals surface area contributed by atoms with Crippen molar-refractivity contribution in [3.05, 3.63) is 5.92 Å². The van der Waals surface area contributed by atoms with Gasteiger partial charge in [-0.15, -0.1) is 0 Å². The van der Waals surface area contributed by atoms with Crippen molar-refractivity contribution < 1.29 is 10.2 Å². The average molecular weight is 132 g/mol. The van der Waals surface area contributed by atoms with Crippen LogP contribution in [0.5, 0.6) is 0 Å². The van der Waals surface area contributed by atoms with Crippen molar-refractivity contribution in [1.82, 2.24) is 0 Å². The van der Waals surface area contributed by atoms with Crippen LogP contribution in [0, 0.1) is 5.92 Å². The van der Waals surface area contributed by atoms with Crippen LogP contribution >= 0.6 is 0 Å². The Kier molecular flexibility index (Phi) is 5.93. The van der Waals surface area contributed by atoms with Crippen molar-refractivity contribution in [3.8, 4) is 0 Å². The lowest BCUT2D eigenvalue weighted by molar-refractivity contribution is 0.266. The van der Waals surface area contributed by atoms with E-state index in [-0.39, 0.29) is 13.2 Å². The number of aliphatic hydroxyl groups excluding tert-OH is 2. The lowest BCUT2D eigenvalue weighted by Gasteiger charge is -2.08. The maximum absolute atomic E-state index is 8.44. The zero-order valence-electron chi connectivity index (χ0n) is 5.51. The molecule has 0 aliphatic heterocycles. The normalized spacial score (nSPS) is 10.7. The Morgan fingerprint density at radius 1 is 1.11 bits per heavy atom. The van der Waals surface area contributed by atoms with Gasteiger partial charge in [-0.2, -0.15) is 0 Å². The Bertz CT molecular complexity index is 53.0. The van der Waals surface area contributed by atoms with Gasteiger partial charge in [-0.3, -0.25) is 0 Å². The maximum Gasteiger partial charge on any atom is 0.0437 e. The van der Waals surface area contributed by atoms with E-state index in [1.165, 1.54) is 0 Å². The molecule has 0 heterocycles. The summed E-state index contributed by atoms with van der Waals surface area (Å²) in [6, 6.07) is 0. The molecular formula is C6H14NO2. The number of aliphatic hydroxyl groups is 2. The van der Waals surface area contributed by atoms with E-state index in [0.29, 0.717) is 19.4 Å². The van der Waals surface area contributed by atoms with Crippen LogP contribution in [0.2, 0.25) is 0 Å². The van der Waals surface area contributed by atoms with Gasteiger partial charge in [0, 0.05) is 13.2 Å². The van der Waals surface area contributed by atoms with Crippen molar-refractivity contribution in [2.24, 2.45) is 5.73 Å². The lowest BCUT2D eigenvalue weighted by atomic mass is 10.0. The molecule has 0 bridgehead atoms. The van der Waals surface area contributed by atoms with E-state index in [9.17, 15) is 0 Å². The molecule has 0 atom stereocenters. The third kappa shape index (κ3) is 4.39. The third-order valence-electron chi connectivity index (χ3n) is 1.22. The smallest absolute Gasteiger partial charge is 0.0437 e. The Labute approximate surface area is 55.5 Å². The molecule has 1 radical (unpaired) electrons. The molecule has 3 heteroatoms. The molecule has 0 saturated heterocycles. The molecule has 0 aromatic carbocycles. The van der Waals surface area contributed by atoms with E-state index in [1.807, 2.05) is 0 Å². The third-order valence-corrected chi connectivity index (χ3v) is 1.22. The van der Waals surface area contributed by atoms with Crippen LogP contribution in [0.4, 0.5) is 0 Å². The number of hydrogen-bond acceptors (Lipinski definition) is 3. The highest BCUT2D eigenvalue weighted by atomic mass is 16.3. The highest BCUT2D eigenvalue weighted by molar-refractivity contribution is 4.89. The van der Waals surface area contributed by atoms with Crippen LogP contribution < -0.4 is 5.73 Å². The Balaban J connectivity index is 3.18. The van der Waals surface area contributed by atoms with Gasteiger partial charge in [0.25, 0.3) is 0 Å². The van der Waals surface area contributed by atoms with Gasteiger partial charge in [0.2, 0.25) is 0 Å². The molecule has 0 spiro atoms. The minimum Gasteiger partial charge on any atom is -0.396 e. The van der Waals surface area contributed by atoms with Crippen LogP contribution in [-0.2, 0) is 0 Å². The van der Waals surface area contributed by atoms with Crippen molar-refractivity contribution >= 4 is 0 Å². The fourth-order valence-electron chi connectivity index (χ4n) is 0.645. The highest BCUT2D eigenvalue weighted by Crippen LogP contribution is 2.06. The van der Waals surface area contributed by atoms with Crippen molar-refractivity contribution in [3.63, 3.8) is 0 Å². The predicted molar refractivity (Wildman–Crippen MR) is 35.7 cm³/mol. The van der Waals surface area contributed by atoms with Crippen LogP contribution in [-0.4, -0.2) is 30.0 Å². The standard InChI is InChI=1S/C6H14NO2/c7-5-6(1-3-8)2-4-9/h8-9H,1-5,7H2. The summed E-state index contributed by atoms with van der Waals surface area (Å²) in [7, 11) is 0. The summed E-state index contributed by atoms with van der Waals surface area (Å²) >= 11 is 0. The van der Waals surface area contributed by atoms with E-state index < -0.39 is 0 Å². The topological polar surface area (TPSA) is 66.5 Å². The van der Waals surface area contributed by atoms with E-state index >= 15 is 0 Å². The summed E-state index contributed by atoms with van der Waals surface area (Å²) in [4.78, 5) is 0. The van der Waals surface area contributed by atoms with Crippen molar-refractivity contribution in [2.75, 3.05) is 19.8 Å². The first-order valence-electron chi connectivity index (χ1n) is 3.10. The van der Waals surface area contributed by atoms with Crippen molar-refractivity contribution in [1.29, 1.82) is 0 Å². The predicted octanol–water partition coefficient (Wildman–Crippen LogP) is -0.716. The summed E-state index contributed by atoms with van der Waals surface area (Å²) in [5, 5.41) is 16.9. The quantitative estimate of drug-likeness (QED) is 0.462. The molecule has 0 fully saturated rings. The second kappa shape index (κ2) is 6.01. The minimum atomic E-state index is 0.131. The van der Waals surface area contributed by atoms with Gasteiger partial charge in [-0.05, 0) is 25.3 Å². The van der Waals surface area contributed by atoms with Gasteiger partial charge in [-0.1, -0.05) is 0 Å². The van der Waals surface area contributed by atoms with Gasteiger partial charge in [0.05, 0.1) is 0 Å². The van der Waals surface area contributed by atoms with Crippen LogP contribution in [0.25, 0.3) is 0 Å². The first-order valence-corrected chi connectivity index (χ1v) is 3.10.